The maximum atomic E-state index is 13.3. The van der Waals surface area contributed by atoms with Gasteiger partial charge in [-0.2, -0.15) is 9.40 Å². The van der Waals surface area contributed by atoms with Crippen molar-refractivity contribution in [3.63, 3.8) is 0 Å². The van der Waals surface area contributed by atoms with Crippen LogP contribution >= 0.6 is 0 Å². The first-order valence-electron chi connectivity index (χ1n) is 10.5. The van der Waals surface area contributed by atoms with Crippen LogP contribution in [0.25, 0.3) is 23.0 Å². The van der Waals surface area contributed by atoms with Gasteiger partial charge in [-0.05, 0) is 43.3 Å². The van der Waals surface area contributed by atoms with E-state index in [4.69, 9.17) is 9.15 Å². The SMILES string of the molecule is COc1ccc(S(=O)(=O)N2CCc3c(c(-c4nnc(-c5ccc(C)cc5)o4)nn3C)C2)cc1. The molecule has 0 saturated heterocycles. The molecule has 0 radical (unpaired) electrons. The number of rotatable bonds is 5. The minimum atomic E-state index is -3.69. The van der Waals surface area contributed by atoms with E-state index in [-0.39, 0.29) is 17.3 Å². The molecular weight excluding hydrogens is 442 g/mol. The molecule has 0 amide bonds. The van der Waals surface area contributed by atoms with Crippen LogP contribution < -0.4 is 4.74 Å². The smallest absolute Gasteiger partial charge is 0.268 e. The molecule has 9 nitrogen and oxygen atoms in total. The molecule has 3 heterocycles. The zero-order chi connectivity index (χ0) is 23.2. The number of hydrogen-bond donors (Lipinski definition) is 0. The molecule has 0 unspecified atom stereocenters. The van der Waals surface area contributed by atoms with E-state index in [0.717, 1.165) is 22.4 Å². The van der Waals surface area contributed by atoms with E-state index in [0.29, 0.717) is 30.3 Å². The van der Waals surface area contributed by atoms with Gasteiger partial charge in [-0.15, -0.1) is 10.2 Å². The monoisotopic (exact) mass is 465 g/mol. The van der Waals surface area contributed by atoms with Crippen LogP contribution in [0.1, 0.15) is 16.8 Å². The number of sulfonamides is 1. The second-order valence-corrected chi connectivity index (χ2v) is 9.88. The lowest BCUT2D eigenvalue weighted by molar-refractivity contribution is 0.385. The fraction of sp³-hybridized carbons (Fsp3) is 0.261. The highest BCUT2D eigenvalue weighted by Gasteiger charge is 2.33. The van der Waals surface area contributed by atoms with Crippen molar-refractivity contribution < 1.29 is 17.6 Å². The van der Waals surface area contributed by atoms with Crippen LogP contribution in [0.15, 0.2) is 57.8 Å². The Bertz CT molecular complexity index is 1410. The van der Waals surface area contributed by atoms with Gasteiger partial charge in [-0.3, -0.25) is 4.68 Å². The highest BCUT2D eigenvalue weighted by Crippen LogP contribution is 2.33. The van der Waals surface area contributed by atoms with E-state index in [2.05, 4.69) is 15.3 Å². The third-order valence-electron chi connectivity index (χ3n) is 5.83. The molecule has 0 fully saturated rings. The fourth-order valence-electron chi connectivity index (χ4n) is 3.97. The molecule has 0 spiro atoms. The molecule has 2 aromatic carbocycles. The predicted octanol–water partition coefficient (Wildman–Crippen LogP) is 3.20. The predicted molar refractivity (Wildman–Crippen MR) is 121 cm³/mol. The summed E-state index contributed by atoms with van der Waals surface area (Å²) in [6.07, 6.45) is 0.535. The number of hydrogen-bond acceptors (Lipinski definition) is 7. The highest BCUT2D eigenvalue weighted by molar-refractivity contribution is 7.89. The summed E-state index contributed by atoms with van der Waals surface area (Å²) in [5.74, 6) is 1.26. The number of aromatic nitrogens is 4. The maximum absolute atomic E-state index is 13.3. The Morgan fingerprint density at radius 1 is 1.00 bits per heavy atom. The van der Waals surface area contributed by atoms with Crippen LogP contribution in [-0.2, 0) is 30.0 Å². The minimum Gasteiger partial charge on any atom is -0.497 e. The molecule has 170 valence electrons. The highest BCUT2D eigenvalue weighted by atomic mass is 32.2. The van der Waals surface area contributed by atoms with Gasteiger partial charge in [0.25, 0.3) is 5.89 Å². The zero-order valence-corrected chi connectivity index (χ0v) is 19.3. The van der Waals surface area contributed by atoms with Crippen LogP contribution in [0.5, 0.6) is 5.75 Å². The first-order valence-corrected chi connectivity index (χ1v) is 11.9. The van der Waals surface area contributed by atoms with Crippen molar-refractivity contribution in [1.29, 1.82) is 0 Å². The summed E-state index contributed by atoms with van der Waals surface area (Å²) in [5, 5.41) is 12.9. The van der Waals surface area contributed by atoms with Crippen LogP contribution in [-0.4, -0.2) is 46.4 Å². The number of methoxy groups -OCH3 is 1. The average molecular weight is 466 g/mol. The molecule has 0 bridgehead atoms. The summed E-state index contributed by atoms with van der Waals surface area (Å²) in [6, 6.07) is 14.2. The zero-order valence-electron chi connectivity index (χ0n) is 18.5. The molecule has 5 rings (SSSR count). The normalized spacial score (nSPS) is 14.3. The Kier molecular flexibility index (Phi) is 5.26. The van der Waals surface area contributed by atoms with Crippen LogP contribution in [0, 0.1) is 6.92 Å². The van der Waals surface area contributed by atoms with Crippen LogP contribution in [0.2, 0.25) is 0 Å². The average Bonchev–Trinajstić information content (AvgIpc) is 3.44. The van der Waals surface area contributed by atoms with Gasteiger partial charge in [-0.25, -0.2) is 8.42 Å². The molecule has 0 saturated carbocycles. The molecule has 0 N–H and O–H groups in total. The third-order valence-corrected chi connectivity index (χ3v) is 7.69. The van der Waals surface area contributed by atoms with E-state index in [1.54, 1.807) is 36.1 Å². The van der Waals surface area contributed by atoms with Gasteiger partial charge < -0.3 is 9.15 Å². The van der Waals surface area contributed by atoms with Gasteiger partial charge in [0.05, 0.1) is 12.0 Å². The summed E-state index contributed by atoms with van der Waals surface area (Å²) in [6.45, 7) is 2.54. The largest absolute Gasteiger partial charge is 0.497 e. The number of nitrogens with zero attached hydrogens (tertiary/aromatic N) is 5. The van der Waals surface area contributed by atoms with E-state index in [9.17, 15) is 8.42 Å². The molecule has 0 atom stereocenters. The lowest BCUT2D eigenvalue weighted by Crippen LogP contribution is -2.36. The Balaban J connectivity index is 1.47. The number of ether oxygens (including phenoxy) is 1. The van der Waals surface area contributed by atoms with E-state index in [1.807, 2.05) is 38.2 Å². The molecule has 33 heavy (non-hydrogen) atoms. The molecule has 1 aliphatic heterocycles. The Hall–Kier alpha value is -3.50. The van der Waals surface area contributed by atoms with Crippen molar-refractivity contribution in [1.82, 2.24) is 24.3 Å². The molecular formula is C23H23N5O4S. The molecule has 4 aromatic rings. The first kappa shape index (κ1) is 21.4. The quantitative estimate of drug-likeness (QED) is 0.446. The van der Waals surface area contributed by atoms with Crippen LogP contribution in [0.4, 0.5) is 0 Å². The standard InChI is InChI=1S/C23H23N5O4S/c1-15-4-6-16(7-5-15)22-24-25-23(32-22)21-19-14-28(13-12-20(19)27(2)26-21)33(29,30)18-10-8-17(31-3)9-11-18/h4-11H,12-14H2,1-3H3. The summed E-state index contributed by atoms with van der Waals surface area (Å²) < 4.78 is 40.8. The first-order chi connectivity index (χ1) is 15.9. The number of benzene rings is 2. The van der Waals surface area contributed by atoms with Gasteiger partial charge >= 0.3 is 0 Å². The summed E-state index contributed by atoms with van der Waals surface area (Å²) in [7, 11) is -0.304. The van der Waals surface area contributed by atoms with Crippen molar-refractivity contribution in [3.8, 4) is 28.8 Å². The second kappa shape index (κ2) is 8.13. The van der Waals surface area contributed by atoms with Gasteiger partial charge in [0.2, 0.25) is 15.9 Å². The van der Waals surface area contributed by atoms with Gasteiger partial charge in [0.1, 0.15) is 5.75 Å². The van der Waals surface area contributed by atoms with Crippen molar-refractivity contribution in [2.24, 2.45) is 7.05 Å². The van der Waals surface area contributed by atoms with Crippen molar-refractivity contribution in [2.45, 2.75) is 24.8 Å². The van der Waals surface area contributed by atoms with E-state index in [1.165, 1.54) is 4.31 Å². The maximum Gasteiger partial charge on any atom is 0.268 e. The molecule has 10 heteroatoms. The molecule has 2 aromatic heterocycles. The topological polar surface area (TPSA) is 103 Å². The van der Waals surface area contributed by atoms with Gasteiger partial charge in [0.15, 0.2) is 5.69 Å². The van der Waals surface area contributed by atoms with E-state index < -0.39 is 10.0 Å². The molecule has 0 aliphatic carbocycles. The van der Waals surface area contributed by atoms with Crippen molar-refractivity contribution in [3.05, 3.63) is 65.4 Å². The Morgan fingerprint density at radius 3 is 2.39 bits per heavy atom. The molecule has 1 aliphatic rings. The summed E-state index contributed by atoms with van der Waals surface area (Å²) in [4.78, 5) is 0.219. The van der Waals surface area contributed by atoms with Crippen LogP contribution in [0.3, 0.4) is 0 Å². The second-order valence-electron chi connectivity index (χ2n) is 7.94. The third kappa shape index (κ3) is 3.81. The van der Waals surface area contributed by atoms with Gasteiger partial charge in [0, 0.05) is 43.4 Å². The number of fused-ring (bicyclic) bond motifs is 1. The van der Waals surface area contributed by atoms with E-state index >= 15 is 0 Å². The Labute approximate surface area is 191 Å². The van der Waals surface area contributed by atoms with Crippen molar-refractivity contribution >= 4 is 10.0 Å². The lowest BCUT2D eigenvalue weighted by Gasteiger charge is -2.26. The number of aryl methyl sites for hydroxylation is 2. The summed E-state index contributed by atoms with van der Waals surface area (Å²) >= 11 is 0. The van der Waals surface area contributed by atoms with Crippen molar-refractivity contribution in [2.75, 3.05) is 13.7 Å². The minimum absolute atomic E-state index is 0.176. The Morgan fingerprint density at radius 2 is 1.70 bits per heavy atom. The van der Waals surface area contributed by atoms with Gasteiger partial charge in [-0.1, -0.05) is 17.7 Å². The lowest BCUT2D eigenvalue weighted by atomic mass is 10.1. The summed E-state index contributed by atoms with van der Waals surface area (Å²) in [5.41, 5.74) is 4.19. The fourth-order valence-corrected chi connectivity index (χ4v) is 5.38.